The van der Waals surface area contributed by atoms with Gasteiger partial charge in [-0.3, -0.25) is 0 Å². The van der Waals surface area contributed by atoms with Crippen LogP contribution in [-0.2, 0) is 20.9 Å². The second-order valence-corrected chi connectivity index (χ2v) is 9.75. The number of rotatable bonds is 10. The van der Waals surface area contributed by atoms with Crippen LogP contribution < -0.4 is 0 Å². The van der Waals surface area contributed by atoms with E-state index < -0.39 is 21.8 Å². The van der Waals surface area contributed by atoms with Gasteiger partial charge in [0.15, 0.2) is 0 Å². The lowest BCUT2D eigenvalue weighted by molar-refractivity contribution is -0.137. The number of hydrogen-bond acceptors (Lipinski definition) is 4. The second-order valence-electron chi connectivity index (χ2n) is 7.75. The molecule has 1 aromatic carbocycles. The maximum Gasteiger partial charge on any atom is 0.416 e. The smallest absolute Gasteiger partial charge is 0.378 e. The number of benzene rings is 1. The zero-order valence-electron chi connectivity index (χ0n) is 17.6. The summed E-state index contributed by atoms with van der Waals surface area (Å²) in [7, 11) is -0.321. The Morgan fingerprint density at radius 3 is 2.27 bits per heavy atom. The third-order valence-electron chi connectivity index (χ3n) is 5.50. The van der Waals surface area contributed by atoms with Gasteiger partial charge in [0, 0.05) is 32.8 Å². The predicted molar refractivity (Wildman–Crippen MR) is 111 cm³/mol. The predicted octanol–water partition coefficient (Wildman–Crippen LogP) is 4.16. The largest absolute Gasteiger partial charge is 0.416 e. The van der Waals surface area contributed by atoms with Crippen molar-refractivity contribution in [3.63, 3.8) is 0 Å². The summed E-state index contributed by atoms with van der Waals surface area (Å²) in [6.07, 6.45) is 1.26. The number of hydrogen-bond donors (Lipinski definition) is 0. The first-order chi connectivity index (χ1) is 14.1. The molecule has 0 unspecified atom stereocenters. The number of alkyl halides is 3. The zero-order chi connectivity index (χ0) is 22.4. The molecule has 9 heteroatoms. The average Bonchev–Trinajstić information content (AvgIpc) is 2.71. The molecule has 1 aliphatic rings. The lowest BCUT2D eigenvalue weighted by Crippen LogP contribution is -2.40. The fourth-order valence-corrected chi connectivity index (χ4v) is 5.07. The molecule has 5 nitrogen and oxygen atoms in total. The van der Waals surface area contributed by atoms with Gasteiger partial charge in [0.05, 0.1) is 16.6 Å². The Morgan fingerprint density at radius 1 is 1.13 bits per heavy atom. The summed E-state index contributed by atoms with van der Waals surface area (Å²) in [6.45, 7) is 6.14. The van der Waals surface area contributed by atoms with Gasteiger partial charge in [0.25, 0.3) is 0 Å². The first kappa shape index (κ1) is 24.8. The van der Waals surface area contributed by atoms with Crippen molar-refractivity contribution in [1.82, 2.24) is 9.21 Å². The highest BCUT2D eigenvalue weighted by atomic mass is 32.2. The lowest BCUT2D eigenvalue weighted by Gasteiger charge is -2.34. The average molecular weight is 449 g/mol. The number of nitrogens with zero attached hydrogens (tertiary/aromatic N) is 2. The molecule has 0 spiro atoms. The molecule has 1 fully saturated rings. The number of likely N-dealkylation sites (N-methyl/N-ethyl adjacent to an activating group) is 1. The van der Waals surface area contributed by atoms with Gasteiger partial charge in [-0.2, -0.15) is 17.5 Å². The van der Waals surface area contributed by atoms with Crippen molar-refractivity contribution in [1.29, 1.82) is 0 Å². The molecule has 0 saturated heterocycles. The molecule has 0 heterocycles. The Morgan fingerprint density at radius 2 is 1.73 bits per heavy atom. The molecule has 0 N–H and O–H groups in total. The van der Waals surface area contributed by atoms with Gasteiger partial charge in [0.2, 0.25) is 10.0 Å². The molecule has 0 bridgehead atoms. The van der Waals surface area contributed by atoms with Gasteiger partial charge >= 0.3 is 6.18 Å². The Kier molecular flexibility index (Phi) is 8.90. The molecule has 1 aliphatic carbocycles. The summed E-state index contributed by atoms with van der Waals surface area (Å²) in [5.74, 6) is 0. The Labute approximate surface area is 177 Å². The van der Waals surface area contributed by atoms with Gasteiger partial charge in [-0.15, -0.1) is 6.58 Å². The molecule has 0 aromatic heterocycles. The summed E-state index contributed by atoms with van der Waals surface area (Å²) >= 11 is 0. The molecule has 30 heavy (non-hydrogen) atoms. The molecular formula is C21H31F3N2O3S. The highest BCUT2D eigenvalue weighted by Crippen LogP contribution is 2.32. The third kappa shape index (κ3) is 6.80. The minimum Gasteiger partial charge on any atom is -0.378 e. The number of ether oxygens (including phenoxy) is 1. The highest BCUT2D eigenvalue weighted by molar-refractivity contribution is 7.89. The topological polar surface area (TPSA) is 49.9 Å². The fourth-order valence-electron chi connectivity index (χ4n) is 3.65. The standard InChI is InChI=1S/C21H31F3N2O3S/c1-4-14-25(2)15-5-16-29-19-10-8-18(9-11-19)26(3)30(27,28)20-12-6-17(7-13-20)21(22,23)24/h4,6-7,12-13,18-19H,1,5,8-11,14-16H2,2-3H3/t18-,19-. The maximum absolute atomic E-state index is 12.8. The Bertz CT molecular complexity index is 774. The van der Waals surface area contributed by atoms with Crippen molar-refractivity contribution in [2.45, 2.75) is 55.3 Å². The van der Waals surface area contributed by atoms with Crippen LogP contribution in [0.1, 0.15) is 37.7 Å². The van der Waals surface area contributed by atoms with E-state index in [2.05, 4.69) is 11.5 Å². The fraction of sp³-hybridized carbons (Fsp3) is 0.619. The minimum absolute atomic E-state index is 0.119. The molecular weight excluding hydrogens is 417 g/mol. The SMILES string of the molecule is C=CCN(C)CCCO[C@H]1CC[C@H](N(C)S(=O)(=O)c2ccc(C(F)(F)F)cc2)CC1. The normalized spacial score (nSPS) is 20.6. The van der Waals surface area contributed by atoms with E-state index in [1.807, 2.05) is 13.1 Å². The monoisotopic (exact) mass is 448 g/mol. The lowest BCUT2D eigenvalue weighted by atomic mass is 9.93. The van der Waals surface area contributed by atoms with E-state index in [-0.39, 0.29) is 17.0 Å². The van der Waals surface area contributed by atoms with Gasteiger partial charge < -0.3 is 9.64 Å². The number of halogens is 3. The zero-order valence-corrected chi connectivity index (χ0v) is 18.4. The molecule has 2 rings (SSSR count). The third-order valence-corrected chi connectivity index (χ3v) is 7.42. The van der Waals surface area contributed by atoms with Crippen LogP contribution in [0, 0.1) is 0 Å². The van der Waals surface area contributed by atoms with Crippen molar-refractivity contribution >= 4 is 10.0 Å². The molecule has 0 atom stereocenters. The van der Waals surface area contributed by atoms with E-state index in [0.717, 1.165) is 56.6 Å². The van der Waals surface area contributed by atoms with Crippen LogP contribution in [-0.4, -0.2) is 63.6 Å². The van der Waals surface area contributed by atoms with Gasteiger partial charge in [-0.1, -0.05) is 6.08 Å². The summed E-state index contributed by atoms with van der Waals surface area (Å²) in [6, 6.07) is 3.46. The van der Waals surface area contributed by atoms with Crippen LogP contribution in [0.25, 0.3) is 0 Å². The van der Waals surface area contributed by atoms with Crippen molar-refractivity contribution in [2.75, 3.05) is 33.8 Å². The van der Waals surface area contributed by atoms with E-state index in [0.29, 0.717) is 19.4 Å². The van der Waals surface area contributed by atoms with E-state index in [9.17, 15) is 21.6 Å². The van der Waals surface area contributed by atoms with Gasteiger partial charge in [-0.05, 0) is 63.4 Å². The quantitative estimate of drug-likeness (QED) is 0.398. The number of sulfonamides is 1. The first-order valence-corrected chi connectivity index (χ1v) is 11.6. The van der Waals surface area contributed by atoms with Crippen LogP contribution in [0.15, 0.2) is 41.8 Å². The minimum atomic E-state index is -4.49. The first-order valence-electron chi connectivity index (χ1n) is 10.1. The highest BCUT2D eigenvalue weighted by Gasteiger charge is 2.34. The Hall–Kier alpha value is -1.42. The Balaban J connectivity index is 1.84. The van der Waals surface area contributed by atoms with Crippen LogP contribution in [0.3, 0.4) is 0 Å². The second kappa shape index (κ2) is 10.7. The van der Waals surface area contributed by atoms with E-state index >= 15 is 0 Å². The van der Waals surface area contributed by atoms with E-state index in [4.69, 9.17) is 4.74 Å². The van der Waals surface area contributed by atoms with Crippen molar-refractivity contribution in [3.05, 3.63) is 42.5 Å². The summed E-state index contributed by atoms with van der Waals surface area (Å²) in [5.41, 5.74) is -0.863. The van der Waals surface area contributed by atoms with Crippen LogP contribution >= 0.6 is 0 Å². The summed E-state index contributed by atoms with van der Waals surface area (Å²) in [5, 5.41) is 0. The van der Waals surface area contributed by atoms with Crippen LogP contribution in [0.2, 0.25) is 0 Å². The maximum atomic E-state index is 12.8. The van der Waals surface area contributed by atoms with Crippen LogP contribution in [0.4, 0.5) is 13.2 Å². The molecule has 170 valence electrons. The van der Waals surface area contributed by atoms with Crippen LogP contribution in [0.5, 0.6) is 0 Å². The molecule has 1 aromatic rings. The summed E-state index contributed by atoms with van der Waals surface area (Å²) in [4.78, 5) is 2.04. The van der Waals surface area contributed by atoms with Crippen molar-refractivity contribution < 1.29 is 26.3 Å². The summed E-state index contributed by atoms with van der Waals surface area (Å²) < 4.78 is 71.0. The molecule has 0 radical (unpaired) electrons. The molecule has 1 saturated carbocycles. The molecule has 0 amide bonds. The van der Waals surface area contributed by atoms with E-state index in [1.165, 1.54) is 11.4 Å². The van der Waals surface area contributed by atoms with Gasteiger partial charge in [-0.25, -0.2) is 8.42 Å². The van der Waals surface area contributed by atoms with Crippen molar-refractivity contribution in [2.24, 2.45) is 0 Å². The van der Waals surface area contributed by atoms with E-state index in [1.54, 1.807) is 0 Å². The van der Waals surface area contributed by atoms with Gasteiger partial charge in [0.1, 0.15) is 0 Å². The molecule has 0 aliphatic heterocycles. The van der Waals surface area contributed by atoms with Crippen molar-refractivity contribution in [3.8, 4) is 0 Å².